The summed E-state index contributed by atoms with van der Waals surface area (Å²) in [5.41, 5.74) is 0.470. The van der Waals surface area contributed by atoms with Crippen molar-refractivity contribution in [3.05, 3.63) is 55.5 Å². The Bertz CT molecular complexity index is 994. The number of aromatic nitrogens is 2. The molecule has 7 heteroatoms. The molecule has 0 amide bonds. The van der Waals surface area contributed by atoms with Crippen molar-refractivity contribution in [2.24, 2.45) is 0 Å². The average Bonchev–Trinajstić information content (AvgIpc) is 3.02. The van der Waals surface area contributed by atoms with Gasteiger partial charge >= 0.3 is 0 Å². The van der Waals surface area contributed by atoms with Crippen molar-refractivity contribution in [2.45, 2.75) is 32.0 Å². The predicted molar refractivity (Wildman–Crippen MR) is 105 cm³/mol. The second-order valence-electron chi connectivity index (χ2n) is 5.63. The Balaban J connectivity index is 1.94. The van der Waals surface area contributed by atoms with Crippen LogP contribution in [-0.4, -0.2) is 21.1 Å². The lowest BCUT2D eigenvalue weighted by atomic mass is 10.2. The molecule has 4 nitrogen and oxygen atoms in total. The van der Waals surface area contributed by atoms with Crippen LogP contribution in [0.5, 0.6) is 0 Å². The molecule has 0 aliphatic carbocycles. The smallest absolute Gasteiger partial charge is 0.262 e. The number of carbonyl (C=O) groups excluding carboxylic acids is 1. The van der Waals surface area contributed by atoms with E-state index in [-0.39, 0.29) is 17.1 Å². The van der Waals surface area contributed by atoms with Crippen LogP contribution < -0.4 is 5.56 Å². The Morgan fingerprint density at radius 3 is 2.80 bits per heavy atom. The maximum absolute atomic E-state index is 12.8. The monoisotopic (exact) mass is 392 g/mol. The average molecular weight is 393 g/mol. The van der Waals surface area contributed by atoms with E-state index < -0.39 is 0 Å². The van der Waals surface area contributed by atoms with Crippen molar-refractivity contribution in [1.82, 2.24) is 9.55 Å². The molecular weight excluding hydrogens is 376 g/mol. The maximum Gasteiger partial charge on any atom is 0.262 e. The number of aryl methyl sites for hydroxylation is 1. The topological polar surface area (TPSA) is 52.0 Å². The second-order valence-corrected chi connectivity index (χ2v) is 8.30. The molecule has 3 rings (SSSR count). The highest BCUT2D eigenvalue weighted by Crippen LogP contribution is 2.23. The Hall–Kier alpha value is -1.63. The molecule has 0 fully saturated rings. The first-order valence-corrected chi connectivity index (χ1v) is 10.1. The lowest BCUT2D eigenvalue weighted by molar-refractivity contribution is 0.102. The second kappa shape index (κ2) is 7.72. The van der Waals surface area contributed by atoms with Gasteiger partial charge in [-0.3, -0.25) is 14.2 Å². The fourth-order valence-corrected chi connectivity index (χ4v) is 4.46. The van der Waals surface area contributed by atoms with E-state index >= 15 is 0 Å². The summed E-state index contributed by atoms with van der Waals surface area (Å²) in [5, 5.41) is 1.64. The number of hydrogen-bond donors (Lipinski definition) is 0. The van der Waals surface area contributed by atoms with Crippen molar-refractivity contribution in [3.63, 3.8) is 0 Å². The zero-order valence-electron chi connectivity index (χ0n) is 13.9. The summed E-state index contributed by atoms with van der Waals surface area (Å²) in [7, 11) is 0. The molecule has 0 N–H and O–H groups in total. The molecule has 0 bridgehead atoms. The molecule has 0 aliphatic heterocycles. The van der Waals surface area contributed by atoms with Crippen LogP contribution in [0.25, 0.3) is 10.9 Å². The Morgan fingerprint density at radius 2 is 2.12 bits per heavy atom. The molecule has 25 heavy (non-hydrogen) atoms. The standard InChI is InChI=1S/C18H17ClN2O2S2/c1-3-8-21-17(23)13-6-5-12(19)9-14(13)20-18(21)24-10-15(22)16-7-4-11(2)25-16/h4-7,9H,3,8,10H2,1-2H3. The van der Waals surface area contributed by atoms with Crippen molar-refractivity contribution in [1.29, 1.82) is 0 Å². The van der Waals surface area contributed by atoms with Gasteiger partial charge in [0.2, 0.25) is 0 Å². The normalized spacial score (nSPS) is 11.2. The molecule has 130 valence electrons. The van der Waals surface area contributed by atoms with Gasteiger partial charge in [0, 0.05) is 16.4 Å². The summed E-state index contributed by atoms with van der Waals surface area (Å²) in [5.74, 6) is 0.300. The Kier molecular flexibility index (Phi) is 5.61. The van der Waals surface area contributed by atoms with Crippen LogP contribution in [0, 0.1) is 6.92 Å². The lowest BCUT2D eigenvalue weighted by Gasteiger charge is -2.12. The van der Waals surface area contributed by atoms with E-state index in [1.165, 1.54) is 23.1 Å². The number of hydrogen-bond acceptors (Lipinski definition) is 5. The first-order valence-electron chi connectivity index (χ1n) is 7.92. The molecular formula is C18H17ClN2O2S2. The fourth-order valence-electron chi connectivity index (χ4n) is 2.49. The SMILES string of the molecule is CCCn1c(SCC(=O)c2ccc(C)s2)nc2cc(Cl)ccc2c1=O. The van der Waals surface area contributed by atoms with E-state index in [4.69, 9.17) is 11.6 Å². The van der Waals surface area contributed by atoms with Gasteiger partial charge in [-0.25, -0.2) is 4.98 Å². The predicted octanol–water partition coefficient (Wildman–Crippen LogP) is 4.80. The van der Waals surface area contributed by atoms with Crippen molar-refractivity contribution >= 4 is 51.4 Å². The third kappa shape index (κ3) is 3.97. The number of halogens is 1. The van der Waals surface area contributed by atoms with Gasteiger partial charge in [0.1, 0.15) is 0 Å². The summed E-state index contributed by atoms with van der Waals surface area (Å²) in [4.78, 5) is 31.5. The third-order valence-corrected chi connectivity index (χ3v) is 5.93. The van der Waals surface area contributed by atoms with Gasteiger partial charge in [-0.05, 0) is 43.7 Å². The van der Waals surface area contributed by atoms with Gasteiger partial charge in [-0.15, -0.1) is 11.3 Å². The van der Waals surface area contributed by atoms with Gasteiger partial charge in [0.25, 0.3) is 5.56 Å². The molecule has 0 aliphatic rings. The summed E-state index contributed by atoms with van der Waals surface area (Å²) >= 11 is 8.81. The molecule has 0 atom stereocenters. The number of Topliss-reactive ketones (excluding diaryl/α,β-unsaturated/α-hetero) is 1. The summed E-state index contributed by atoms with van der Waals surface area (Å²) < 4.78 is 1.65. The quantitative estimate of drug-likeness (QED) is 0.343. The largest absolute Gasteiger partial charge is 0.292 e. The summed E-state index contributed by atoms with van der Waals surface area (Å²) in [6.45, 7) is 4.55. The minimum atomic E-state index is -0.0922. The van der Waals surface area contributed by atoms with Gasteiger partial charge in [-0.2, -0.15) is 0 Å². The molecule has 2 aromatic heterocycles. The first-order chi connectivity index (χ1) is 12.0. The lowest BCUT2D eigenvalue weighted by Crippen LogP contribution is -2.23. The molecule has 0 radical (unpaired) electrons. The van der Waals surface area contributed by atoms with Crippen LogP contribution >= 0.6 is 34.7 Å². The summed E-state index contributed by atoms with van der Waals surface area (Å²) in [6.07, 6.45) is 0.812. The van der Waals surface area contributed by atoms with Crippen molar-refractivity contribution in [3.8, 4) is 0 Å². The number of thiophene rings is 1. The van der Waals surface area contributed by atoms with E-state index in [2.05, 4.69) is 4.98 Å². The molecule has 0 spiro atoms. The third-order valence-electron chi connectivity index (χ3n) is 3.68. The zero-order valence-corrected chi connectivity index (χ0v) is 16.3. The number of thioether (sulfide) groups is 1. The zero-order chi connectivity index (χ0) is 18.0. The number of ketones is 1. The molecule has 0 saturated heterocycles. The molecule has 0 saturated carbocycles. The van der Waals surface area contributed by atoms with Gasteiger partial charge < -0.3 is 0 Å². The first kappa shape index (κ1) is 18.2. The van der Waals surface area contributed by atoms with E-state index in [0.29, 0.717) is 27.6 Å². The number of fused-ring (bicyclic) bond motifs is 1. The van der Waals surface area contributed by atoms with E-state index in [9.17, 15) is 9.59 Å². The van der Waals surface area contributed by atoms with Crippen molar-refractivity contribution < 1.29 is 4.79 Å². The van der Waals surface area contributed by atoms with E-state index in [1.54, 1.807) is 22.8 Å². The van der Waals surface area contributed by atoms with Crippen molar-refractivity contribution in [2.75, 3.05) is 5.75 Å². The molecule has 3 aromatic rings. The van der Waals surface area contributed by atoms with Gasteiger partial charge in [0.05, 0.1) is 21.5 Å². The molecule has 2 heterocycles. The summed E-state index contributed by atoms with van der Waals surface area (Å²) in [6, 6.07) is 8.86. The van der Waals surface area contributed by atoms with Gasteiger partial charge in [0.15, 0.2) is 10.9 Å². The van der Waals surface area contributed by atoms with Crippen LogP contribution in [-0.2, 0) is 6.54 Å². The number of benzene rings is 1. The van der Waals surface area contributed by atoms with Crippen LogP contribution in [0.15, 0.2) is 40.3 Å². The highest BCUT2D eigenvalue weighted by Gasteiger charge is 2.15. The molecule has 0 unspecified atom stereocenters. The highest BCUT2D eigenvalue weighted by molar-refractivity contribution is 7.99. The maximum atomic E-state index is 12.8. The molecule has 1 aromatic carbocycles. The number of nitrogens with zero attached hydrogens (tertiary/aromatic N) is 2. The fraction of sp³-hybridized carbons (Fsp3) is 0.278. The van der Waals surface area contributed by atoms with E-state index in [1.807, 2.05) is 26.0 Å². The van der Waals surface area contributed by atoms with Gasteiger partial charge in [-0.1, -0.05) is 30.3 Å². The van der Waals surface area contributed by atoms with Crippen LogP contribution in [0.2, 0.25) is 5.02 Å². The number of carbonyl (C=O) groups is 1. The van der Waals surface area contributed by atoms with E-state index in [0.717, 1.165) is 16.2 Å². The minimum Gasteiger partial charge on any atom is -0.292 e. The Labute approximate surface area is 158 Å². The highest BCUT2D eigenvalue weighted by atomic mass is 35.5. The van der Waals surface area contributed by atoms with Crippen LogP contribution in [0.4, 0.5) is 0 Å². The minimum absolute atomic E-state index is 0.0478. The number of rotatable bonds is 6. The Morgan fingerprint density at radius 1 is 1.32 bits per heavy atom. The van der Waals surface area contributed by atoms with Crippen LogP contribution in [0.3, 0.4) is 0 Å². The van der Waals surface area contributed by atoms with Crippen LogP contribution in [0.1, 0.15) is 27.9 Å².